The molecule has 112 valence electrons. The second-order valence-corrected chi connectivity index (χ2v) is 5.46. The lowest BCUT2D eigenvalue weighted by molar-refractivity contribution is -0.130. The number of urea groups is 1. The molecular weight excluding hydrogens is 268 g/mol. The Balaban J connectivity index is 2.14. The predicted molar refractivity (Wildman–Crippen MR) is 82.4 cm³/mol. The van der Waals surface area contributed by atoms with E-state index < -0.39 is 11.6 Å². The van der Waals surface area contributed by atoms with Crippen molar-refractivity contribution in [2.24, 2.45) is 5.10 Å². The van der Waals surface area contributed by atoms with Gasteiger partial charge in [-0.05, 0) is 31.0 Å². The Hall–Kier alpha value is -2.37. The van der Waals surface area contributed by atoms with Gasteiger partial charge < -0.3 is 10.2 Å². The average molecular weight is 288 g/mol. The normalized spacial score (nSPS) is 22.0. The zero-order valence-electron chi connectivity index (χ0n) is 12.8. The van der Waals surface area contributed by atoms with Crippen molar-refractivity contribution >= 4 is 23.8 Å². The number of benzene rings is 1. The van der Waals surface area contributed by atoms with E-state index in [0.29, 0.717) is 6.42 Å². The highest BCUT2D eigenvalue weighted by Crippen LogP contribution is 2.21. The Morgan fingerprint density at radius 1 is 1.29 bits per heavy atom. The number of rotatable bonds is 4. The first-order valence-electron chi connectivity index (χ1n) is 6.85. The number of hydrazone groups is 1. The molecule has 6 nitrogen and oxygen atoms in total. The average Bonchev–Trinajstić information content (AvgIpc) is 2.68. The van der Waals surface area contributed by atoms with Gasteiger partial charge in [-0.3, -0.25) is 4.79 Å². The summed E-state index contributed by atoms with van der Waals surface area (Å²) in [6.07, 6.45) is 2.04. The van der Waals surface area contributed by atoms with E-state index >= 15 is 0 Å². The molecule has 3 amide bonds. The largest absolute Gasteiger partial charge is 0.378 e. The summed E-state index contributed by atoms with van der Waals surface area (Å²) >= 11 is 0. The van der Waals surface area contributed by atoms with Gasteiger partial charge in [0.15, 0.2) is 0 Å². The quantitative estimate of drug-likeness (QED) is 0.679. The number of carbonyl (C=O) groups is 2. The monoisotopic (exact) mass is 288 g/mol. The molecule has 1 fully saturated rings. The van der Waals surface area contributed by atoms with Crippen molar-refractivity contribution in [1.29, 1.82) is 0 Å². The lowest BCUT2D eigenvalue weighted by atomic mass is 10.00. The third kappa shape index (κ3) is 2.89. The lowest BCUT2D eigenvalue weighted by Gasteiger charge is -2.17. The zero-order chi connectivity index (χ0) is 15.6. The summed E-state index contributed by atoms with van der Waals surface area (Å²) in [6, 6.07) is 7.19. The van der Waals surface area contributed by atoms with Crippen molar-refractivity contribution in [1.82, 2.24) is 10.3 Å². The minimum atomic E-state index is -0.858. The highest BCUT2D eigenvalue weighted by atomic mass is 16.2. The minimum absolute atomic E-state index is 0.323. The van der Waals surface area contributed by atoms with Gasteiger partial charge >= 0.3 is 6.03 Å². The molecule has 1 unspecified atom stereocenters. The third-order valence-electron chi connectivity index (χ3n) is 3.68. The molecule has 0 saturated carbocycles. The van der Waals surface area contributed by atoms with Crippen LogP contribution in [0.25, 0.3) is 0 Å². The Bertz CT molecular complexity index is 580. The molecule has 0 bridgehead atoms. The standard InChI is InChI=1S/C15H20N4O2/c1-5-15(2)13(20)19(14(21)17-15)16-10-11-6-8-12(9-7-11)18(3)4/h6-10H,5H2,1-4H3,(H,17,21)/b16-10+. The Morgan fingerprint density at radius 3 is 2.38 bits per heavy atom. The van der Waals surface area contributed by atoms with E-state index in [2.05, 4.69) is 10.4 Å². The molecule has 1 N–H and O–H groups in total. The molecule has 1 heterocycles. The van der Waals surface area contributed by atoms with Crippen LogP contribution in [0.2, 0.25) is 0 Å². The Labute approximate surface area is 124 Å². The molecular formula is C15H20N4O2. The van der Waals surface area contributed by atoms with Crippen molar-refractivity contribution < 1.29 is 9.59 Å². The fraction of sp³-hybridized carbons (Fsp3) is 0.400. The molecule has 1 aromatic carbocycles. The van der Waals surface area contributed by atoms with Gasteiger partial charge in [0.1, 0.15) is 5.54 Å². The first-order valence-corrected chi connectivity index (χ1v) is 6.85. The molecule has 0 aromatic heterocycles. The van der Waals surface area contributed by atoms with Gasteiger partial charge in [-0.1, -0.05) is 19.1 Å². The molecule has 1 saturated heterocycles. The van der Waals surface area contributed by atoms with E-state index in [-0.39, 0.29) is 5.91 Å². The van der Waals surface area contributed by atoms with Crippen LogP contribution in [0.4, 0.5) is 10.5 Å². The minimum Gasteiger partial charge on any atom is -0.378 e. The summed E-state index contributed by atoms with van der Waals surface area (Å²) in [5.41, 5.74) is 1.04. The number of hydrogen-bond acceptors (Lipinski definition) is 4. The van der Waals surface area contributed by atoms with Crippen LogP contribution in [0.15, 0.2) is 29.4 Å². The Kier molecular flexibility index (Phi) is 3.97. The second-order valence-electron chi connectivity index (χ2n) is 5.46. The predicted octanol–water partition coefficient (Wildman–Crippen LogP) is 1.81. The third-order valence-corrected chi connectivity index (χ3v) is 3.68. The van der Waals surface area contributed by atoms with Gasteiger partial charge in [0.25, 0.3) is 5.91 Å². The molecule has 1 aliphatic rings. The molecule has 1 aromatic rings. The summed E-state index contributed by atoms with van der Waals surface area (Å²) in [4.78, 5) is 25.9. The lowest BCUT2D eigenvalue weighted by Crippen LogP contribution is -2.42. The van der Waals surface area contributed by atoms with Crippen molar-refractivity contribution in [2.45, 2.75) is 25.8 Å². The molecule has 1 atom stereocenters. The van der Waals surface area contributed by atoms with Crippen LogP contribution in [0.1, 0.15) is 25.8 Å². The smallest absolute Gasteiger partial charge is 0.346 e. The maximum absolute atomic E-state index is 12.2. The summed E-state index contributed by atoms with van der Waals surface area (Å²) in [6.45, 7) is 3.56. The summed E-state index contributed by atoms with van der Waals surface area (Å²) in [7, 11) is 3.92. The van der Waals surface area contributed by atoms with Gasteiger partial charge in [0.05, 0.1) is 6.21 Å². The zero-order valence-corrected chi connectivity index (χ0v) is 12.8. The van der Waals surface area contributed by atoms with Gasteiger partial charge in [0, 0.05) is 19.8 Å². The summed E-state index contributed by atoms with van der Waals surface area (Å²) < 4.78 is 0. The second kappa shape index (κ2) is 5.55. The number of nitrogens with one attached hydrogen (secondary N) is 1. The summed E-state index contributed by atoms with van der Waals surface area (Å²) in [5, 5.41) is 7.56. The maximum Gasteiger partial charge on any atom is 0.346 e. The number of anilines is 1. The van der Waals surface area contributed by atoms with Crippen LogP contribution >= 0.6 is 0 Å². The molecule has 0 aliphatic carbocycles. The highest BCUT2D eigenvalue weighted by Gasteiger charge is 2.46. The number of amides is 3. The van der Waals surface area contributed by atoms with Gasteiger partial charge in [0.2, 0.25) is 0 Å². The van der Waals surface area contributed by atoms with E-state index in [1.807, 2.05) is 50.2 Å². The number of imide groups is 1. The molecule has 1 aliphatic heterocycles. The van der Waals surface area contributed by atoms with Crippen LogP contribution in [-0.2, 0) is 4.79 Å². The number of carbonyl (C=O) groups excluding carboxylic acids is 2. The Morgan fingerprint density at radius 2 is 1.90 bits per heavy atom. The van der Waals surface area contributed by atoms with Gasteiger partial charge in [-0.25, -0.2) is 4.79 Å². The number of hydrogen-bond donors (Lipinski definition) is 1. The van der Waals surface area contributed by atoms with E-state index in [1.54, 1.807) is 6.92 Å². The van der Waals surface area contributed by atoms with Crippen molar-refractivity contribution in [2.75, 3.05) is 19.0 Å². The van der Waals surface area contributed by atoms with E-state index in [4.69, 9.17) is 0 Å². The van der Waals surface area contributed by atoms with Crippen molar-refractivity contribution in [3.63, 3.8) is 0 Å². The topological polar surface area (TPSA) is 65.0 Å². The van der Waals surface area contributed by atoms with Crippen LogP contribution in [-0.4, -0.2) is 42.8 Å². The maximum atomic E-state index is 12.2. The van der Waals surface area contributed by atoms with Crippen molar-refractivity contribution in [3.8, 4) is 0 Å². The molecule has 2 rings (SSSR count). The van der Waals surface area contributed by atoms with Crippen LogP contribution < -0.4 is 10.2 Å². The molecule has 21 heavy (non-hydrogen) atoms. The van der Waals surface area contributed by atoms with Crippen LogP contribution in [0, 0.1) is 0 Å². The molecule has 6 heteroatoms. The van der Waals surface area contributed by atoms with Crippen molar-refractivity contribution in [3.05, 3.63) is 29.8 Å². The first-order chi connectivity index (χ1) is 9.87. The molecule has 0 radical (unpaired) electrons. The van der Waals surface area contributed by atoms with Crippen LogP contribution in [0.3, 0.4) is 0 Å². The first kappa shape index (κ1) is 15.0. The van der Waals surface area contributed by atoms with Gasteiger partial charge in [-0.15, -0.1) is 5.01 Å². The fourth-order valence-electron chi connectivity index (χ4n) is 2.00. The molecule has 0 spiro atoms. The van der Waals surface area contributed by atoms with E-state index in [9.17, 15) is 9.59 Å². The fourth-order valence-corrected chi connectivity index (χ4v) is 2.00. The van der Waals surface area contributed by atoms with E-state index in [0.717, 1.165) is 16.3 Å². The van der Waals surface area contributed by atoms with Crippen LogP contribution in [0.5, 0.6) is 0 Å². The number of nitrogens with zero attached hydrogens (tertiary/aromatic N) is 3. The SMILES string of the molecule is CCC1(C)NC(=O)N(/N=C/c2ccc(N(C)C)cc2)C1=O. The van der Waals surface area contributed by atoms with Gasteiger partial charge in [-0.2, -0.15) is 5.10 Å². The highest BCUT2D eigenvalue weighted by molar-refractivity contribution is 6.07. The van der Waals surface area contributed by atoms with E-state index in [1.165, 1.54) is 6.21 Å². The summed E-state index contributed by atoms with van der Waals surface area (Å²) in [5.74, 6) is -0.323.